The summed E-state index contributed by atoms with van der Waals surface area (Å²) >= 11 is 0. The second-order valence-corrected chi connectivity index (χ2v) is 3.24. The van der Waals surface area contributed by atoms with Gasteiger partial charge in [0.25, 0.3) is 0 Å². The molecule has 0 fully saturated rings. The number of rotatable bonds is 5. The zero-order valence-corrected chi connectivity index (χ0v) is 9.49. The van der Waals surface area contributed by atoms with E-state index in [1.54, 1.807) is 6.92 Å². The first-order valence-corrected chi connectivity index (χ1v) is 5.26. The van der Waals surface area contributed by atoms with Crippen LogP contribution in [-0.2, 0) is 0 Å². The van der Waals surface area contributed by atoms with Gasteiger partial charge in [0.2, 0.25) is 0 Å². The Bertz CT molecular complexity index is 308. The lowest BCUT2D eigenvalue weighted by Crippen LogP contribution is -2.01. The van der Waals surface area contributed by atoms with Crippen LogP contribution in [0.15, 0.2) is 18.2 Å². The minimum Gasteiger partial charge on any atom is -0.494 e. The molecule has 0 spiro atoms. The summed E-state index contributed by atoms with van der Waals surface area (Å²) in [5.41, 5.74) is 0.792. The van der Waals surface area contributed by atoms with Gasteiger partial charge >= 0.3 is 0 Å². The molecule has 0 aliphatic heterocycles. The SMILES string of the molecule is CCOc1ccc(C(C)O)c(OCC)c1. The standard InChI is InChI=1S/C12H18O3/c1-4-14-10-6-7-11(9(3)13)12(8-10)15-5-2/h6-9,13H,4-5H2,1-3H3. The monoisotopic (exact) mass is 210 g/mol. The smallest absolute Gasteiger partial charge is 0.128 e. The molecule has 1 unspecified atom stereocenters. The van der Waals surface area contributed by atoms with Gasteiger partial charge in [0, 0.05) is 11.6 Å². The van der Waals surface area contributed by atoms with Crippen LogP contribution < -0.4 is 9.47 Å². The summed E-state index contributed by atoms with van der Waals surface area (Å²) in [6.07, 6.45) is -0.526. The summed E-state index contributed by atoms with van der Waals surface area (Å²) in [4.78, 5) is 0. The van der Waals surface area contributed by atoms with Crippen LogP contribution in [0.5, 0.6) is 11.5 Å². The average Bonchev–Trinajstić information content (AvgIpc) is 2.18. The molecule has 3 heteroatoms. The van der Waals surface area contributed by atoms with E-state index in [-0.39, 0.29) is 0 Å². The largest absolute Gasteiger partial charge is 0.494 e. The van der Waals surface area contributed by atoms with Crippen LogP contribution in [-0.4, -0.2) is 18.3 Å². The van der Waals surface area contributed by atoms with Gasteiger partial charge in [0.1, 0.15) is 11.5 Å². The highest BCUT2D eigenvalue weighted by molar-refractivity contribution is 5.41. The van der Waals surface area contributed by atoms with E-state index in [1.807, 2.05) is 32.0 Å². The first-order chi connectivity index (χ1) is 7.19. The minimum absolute atomic E-state index is 0.526. The topological polar surface area (TPSA) is 38.7 Å². The normalized spacial score (nSPS) is 12.3. The molecule has 0 aliphatic rings. The van der Waals surface area contributed by atoms with Gasteiger partial charge < -0.3 is 14.6 Å². The number of hydrogen-bond acceptors (Lipinski definition) is 3. The van der Waals surface area contributed by atoms with E-state index in [4.69, 9.17) is 9.47 Å². The lowest BCUT2D eigenvalue weighted by molar-refractivity contribution is 0.192. The zero-order valence-electron chi connectivity index (χ0n) is 9.49. The Kier molecular flexibility index (Phi) is 4.43. The highest BCUT2D eigenvalue weighted by Gasteiger charge is 2.10. The molecule has 0 radical (unpaired) electrons. The van der Waals surface area contributed by atoms with Gasteiger partial charge in [0.05, 0.1) is 19.3 Å². The van der Waals surface area contributed by atoms with E-state index in [0.29, 0.717) is 19.0 Å². The molecule has 0 heterocycles. The van der Waals surface area contributed by atoms with Gasteiger partial charge in [-0.1, -0.05) is 0 Å². The third-order valence-corrected chi connectivity index (χ3v) is 2.05. The van der Waals surface area contributed by atoms with E-state index < -0.39 is 6.10 Å². The van der Waals surface area contributed by atoms with E-state index in [1.165, 1.54) is 0 Å². The Morgan fingerprint density at radius 1 is 1.20 bits per heavy atom. The molecule has 0 aliphatic carbocycles. The second-order valence-electron chi connectivity index (χ2n) is 3.24. The Balaban J connectivity index is 2.97. The zero-order chi connectivity index (χ0) is 11.3. The first kappa shape index (κ1) is 11.9. The van der Waals surface area contributed by atoms with Crippen molar-refractivity contribution in [3.05, 3.63) is 23.8 Å². The number of ether oxygens (including phenoxy) is 2. The summed E-state index contributed by atoms with van der Waals surface area (Å²) in [5, 5.41) is 9.53. The van der Waals surface area contributed by atoms with Gasteiger partial charge in [-0.05, 0) is 32.9 Å². The number of hydrogen-bond donors (Lipinski definition) is 1. The highest BCUT2D eigenvalue weighted by Crippen LogP contribution is 2.29. The van der Waals surface area contributed by atoms with Crippen molar-refractivity contribution in [1.82, 2.24) is 0 Å². The lowest BCUT2D eigenvalue weighted by atomic mass is 10.1. The van der Waals surface area contributed by atoms with Crippen LogP contribution >= 0.6 is 0 Å². The molecular formula is C12H18O3. The second kappa shape index (κ2) is 5.61. The van der Waals surface area contributed by atoms with Crippen LogP contribution in [0.25, 0.3) is 0 Å². The average molecular weight is 210 g/mol. The fourth-order valence-electron chi connectivity index (χ4n) is 1.40. The van der Waals surface area contributed by atoms with Crippen molar-refractivity contribution in [2.45, 2.75) is 26.9 Å². The van der Waals surface area contributed by atoms with E-state index in [9.17, 15) is 5.11 Å². The summed E-state index contributed by atoms with van der Waals surface area (Å²) in [5.74, 6) is 1.46. The molecule has 0 aromatic heterocycles. The van der Waals surface area contributed by atoms with Gasteiger partial charge in [0.15, 0.2) is 0 Å². The molecule has 0 saturated carbocycles. The van der Waals surface area contributed by atoms with Crippen LogP contribution in [0.4, 0.5) is 0 Å². The van der Waals surface area contributed by atoms with Crippen LogP contribution in [0.3, 0.4) is 0 Å². The maximum atomic E-state index is 9.53. The van der Waals surface area contributed by atoms with Crippen molar-refractivity contribution >= 4 is 0 Å². The van der Waals surface area contributed by atoms with Gasteiger partial charge in [-0.2, -0.15) is 0 Å². The molecule has 0 amide bonds. The van der Waals surface area contributed by atoms with Crippen molar-refractivity contribution in [1.29, 1.82) is 0 Å². The fraction of sp³-hybridized carbons (Fsp3) is 0.500. The number of aliphatic hydroxyl groups is 1. The predicted octanol–water partition coefficient (Wildman–Crippen LogP) is 2.54. The van der Waals surface area contributed by atoms with Crippen molar-refractivity contribution in [3.63, 3.8) is 0 Å². The van der Waals surface area contributed by atoms with Crippen LogP contribution in [0, 0.1) is 0 Å². The first-order valence-electron chi connectivity index (χ1n) is 5.26. The van der Waals surface area contributed by atoms with Crippen molar-refractivity contribution in [3.8, 4) is 11.5 Å². The molecule has 1 rings (SSSR count). The van der Waals surface area contributed by atoms with E-state index in [0.717, 1.165) is 11.3 Å². The quantitative estimate of drug-likeness (QED) is 0.811. The Hall–Kier alpha value is -1.22. The fourth-order valence-corrected chi connectivity index (χ4v) is 1.40. The number of aliphatic hydroxyl groups excluding tert-OH is 1. The van der Waals surface area contributed by atoms with E-state index >= 15 is 0 Å². The Morgan fingerprint density at radius 3 is 2.40 bits per heavy atom. The van der Waals surface area contributed by atoms with Crippen LogP contribution in [0.1, 0.15) is 32.4 Å². The van der Waals surface area contributed by atoms with Gasteiger partial charge in [-0.3, -0.25) is 0 Å². The molecule has 84 valence electrons. The highest BCUT2D eigenvalue weighted by atomic mass is 16.5. The maximum absolute atomic E-state index is 9.53. The molecule has 1 aromatic carbocycles. The van der Waals surface area contributed by atoms with Gasteiger partial charge in [-0.25, -0.2) is 0 Å². The summed E-state index contributed by atoms with van der Waals surface area (Å²) in [7, 11) is 0. The summed E-state index contributed by atoms with van der Waals surface area (Å²) in [6.45, 7) is 6.77. The van der Waals surface area contributed by atoms with Gasteiger partial charge in [-0.15, -0.1) is 0 Å². The number of benzene rings is 1. The van der Waals surface area contributed by atoms with Crippen LogP contribution in [0.2, 0.25) is 0 Å². The molecular weight excluding hydrogens is 192 g/mol. The van der Waals surface area contributed by atoms with Crippen molar-refractivity contribution < 1.29 is 14.6 Å². The molecule has 3 nitrogen and oxygen atoms in total. The Morgan fingerprint density at radius 2 is 1.87 bits per heavy atom. The lowest BCUT2D eigenvalue weighted by Gasteiger charge is -2.14. The molecule has 1 N–H and O–H groups in total. The predicted molar refractivity (Wildman–Crippen MR) is 59.4 cm³/mol. The third-order valence-electron chi connectivity index (χ3n) is 2.05. The summed E-state index contributed by atoms with van der Waals surface area (Å²) in [6, 6.07) is 5.49. The Labute approximate surface area is 90.6 Å². The molecule has 15 heavy (non-hydrogen) atoms. The molecule has 0 saturated heterocycles. The summed E-state index contributed by atoms with van der Waals surface area (Å²) < 4.78 is 10.8. The van der Waals surface area contributed by atoms with Crippen molar-refractivity contribution in [2.24, 2.45) is 0 Å². The molecule has 1 atom stereocenters. The molecule has 0 bridgehead atoms. The van der Waals surface area contributed by atoms with E-state index in [2.05, 4.69) is 0 Å². The molecule has 1 aromatic rings. The van der Waals surface area contributed by atoms with Crippen molar-refractivity contribution in [2.75, 3.05) is 13.2 Å². The third kappa shape index (κ3) is 3.13. The maximum Gasteiger partial charge on any atom is 0.128 e. The minimum atomic E-state index is -0.526.